The van der Waals surface area contributed by atoms with E-state index in [-0.39, 0.29) is 5.56 Å². The van der Waals surface area contributed by atoms with Crippen molar-refractivity contribution >= 4 is 10.9 Å². The summed E-state index contributed by atoms with van der Waals surface area (Å²) in [5.74, 6) is 1.36. The Kier molecular flexibility index (Phi) is 6.24. The normalized spacial score (nSPS) is 10.9. The Bertz CT molecular complexity index is 1240. The van der Waals surface area contributed by atoms with Crippen LogP contribution in [0.5, 0.6) is 11.5 Å². The second-order valence-electron chi connectivity index (χ2n) is 7.10. The quantitative estimate of drug-likeness (QED) is 0.475. The highest BCUT2D eigenvalue weighted by molar-refractivity contribution is 5.79. The van der Waals surface area contributed by atoms with Gasteiger partial charge in [-0.3, -0.25) is 14.3 Å². The maximum Gasteiger partial charge on any atom is 0.261 e. The third kappa shape index (κ3) is 4.57. The maximum atomic E-state index is 13.1. The molecule has 2 aromatic carbocycles. The lowest BCUT2D eigenvalue weighted by Gasteiger charge is -2.13. The van der Waals surface area contributed by atoms with Crippen molar-refractivity contribution in [1.82, 2.24) is 19.9 Å². The van der Waals surface area contributed by atoms with Gasteiger partial charge in [-0.05, 0) is 23.8 Å². The molecule has 4 rings (SSSR count). The first-order valence-electron chi connectivity index (χ1n) is 9.98. The monoisotopic (exact) mass is 416 g/mol. The van der Waals surface area contributed by atoms with Crippen molar-refractivity contribution in [2.45, 2.75) is 19.6 Å². The Morgan fingerprint density at radius 2 is 1.81 bits per heavy atom. The molecule has 7 heteroatoms. The number of aromatic nitrogens is 3. The number of methoxy groups -OCH3 is 2. The average molecular weight is 416 g/mol. The number of hydrogen-bond donors (Lipinski definition) is 1. The first kappa shape index (κ1) is 20.6. The zero-order chi connectivity index (χ0) is 21.6. The van der Waals surface area contributed by atoms with E-state index in [2.05, 4.69) is 27.4 Å². The van der Waals surface area contributed by atoms with Gasteiger partial charge < -0.3 is 14.8 Å². The van der Waals surface area contributed by atoms with Crippen LogP contribution < -0.4 is 20.3 Å². The fourth-order valence-corrected chi connectivity index (χ4v) is 3.48. The molecule has 2 heterocycles. The van der Waals surface area contributed by atoms with Gasteiger partial charge in [0.05, 0.1) is 38.2 Å². The Labute approximate surface area is 180 Å². The van der Waals surface area contributed by atoms with E-state index in [0.29, 0.717) is 42.0 Å². The molecule has 0 amide bonds. The van der Waals surface area contributed by atoms with Crippen LogP contribution in [-0.4, -0.2) is 28.8 Å². The summed E-state index contributed by atoms with van der Waals surface area (Å²) >= 11 is 0. The number of pyridine rings is 1. The number of nitrogens with zero attached hydrogens (tertiary/aromatic N) is 3. The molecule has 1 N–H and O–H groups in total. The van der Waals surface area contributed by atoms with E-state index in [0.717, 1.165) is 11.3 Å². The molecule has 0 saturated heterocycles. The zero-order valence-corrected chi connectivity index (χ0v) is 17.5. The maximum absolute atomic E-state index is 13.1. The molecule has 2 aromatic heterocycles. The minimum Gasteiger partial charge on any atom is -0.497 e. The highest BCUT2D eigenvalue weighted by Gasteiger charge is 2.12. The van der Waals surface area contributed by atoms with E-state index in [1.165, 1.54) is 5.56 Å². The second kappa shape index (κ2) is 9.40. The van der Waals surface area contributed by atoms with Gasteiger partial charge in [-0.15, -0.1) is 0 Å². The lowest BCUT2D eigenvalue weighted by atomic mass is 10.1. The lowest BCUT2D eigenvalue weighted by molar-refractivity contribution is 0.390. The van der Waals surface area contributed by atoms with E-state index < -0.39 is 0 Å². The summed E-state index contributed by atoms with van der Waals surface area (Å²) in [7, 11) is 3.20. The lowest BCUT2D eigenvalue weighted by Crippen LogP contribution is -2.23. The van der Waals surface area contributed by atoms with Crippen LogP contribution in [0.3, 0.4) is 0 Å². The number of rotatable bonds is 8. The van der Waals surface area contributed by atoms with Crippen LogP contribution in [0.4, 0.5) is 0 Å². The van der Waals surface area contributed by atoms with Gasteiger partial charge in [0.15, 0.2) is 0 Å². The Hall–Kier alpha value is -3.71. The molecule has 0 spiro atoms. The van der Waals surface area contributed by atoms with Gasteiger partial charge in [0, 0.05) is 30.9 Å². The van der Waals surface area contributed by atoms with Crippen molar-refractivity contribution in [3.63, 3.8) is 0 Å². The molecule has 31 heavy (non-hydrogen) atoms. The number of ether oxygens (including phenoxy) is 2. The number of nitrogens with one attached hydrogen (secondary N) is 1. The molecule has 0 atom stereocenters. The molecule has 0 aliphatic carbocycles. The molecule has 158 valence electrons. The molecular formula is C24H24N4O3. The van der Waals surface area contributed by atoms with Crippen LogP contribution >= 0.6 is 0 Å². The minimum atomic E-state index is -0.116. The topological polar surface area (TPSA) is 78.3 Å². The van der Waals surface area contributed by atoms with Crippen molar-refractivity contribution in [3.8, 4) is 11.5 Å². The largest absolute Gasteiger partial charge is 0.497 e. The standard InChI is InChI=1S/C24H24N4O3/c1-30-19-9-8-18(22(12-19)31-2)15-28-16-27-23-20(24(28)29)10-11-26-21(23)14-25-13-17-6-4-3-5-7-17/h3-12,16,25H,13-15H2,1-2H3. The van der Waals surface area contributed by atoms with Crippen molar-refractivity contribution < 1.29 is 9.47 Å². The second-order valence-corrected chi connectivity index (χ2v) is 7.10. The molecule has 0 aliphatic rings. The highest BCUT2D eigenvalue weighted by atomic mass is 16.5. The summed E-state index contributed by atoms with van der Waals surface area (Å²) in [6.45, 7) is 1.58. The van der Waals surface area contributed by atoms with E-state index in [9.17, 15) is 4.79 Å². The first-order chi connectivity index (χ1) is 15.2. The molecule has 0 unspecified atom stereocenters. The van der Waals surface area contributed by atoms with Gasteiger partial charge in [-0.2, -0.15) is 0 Å². The summed E-state index contributed by atoms with van der Waals surface area (Å²) in [5.41, 5.74) is 3.30. The SMILES string of the molecule is COc1ccc(Cn2cnc3c(CNCc4ccccc4)nccc3c2=O)c(OC)c1. The van der Waals surface area contributed by atoms with Crippen LogP contribution in [0.25, 0.3) is 10.9 Å². The fourth-order valence-electron chi connectivity index (χ4n) is 3.48. The van der Waals surface area contributed by atoms with Gasteiger partial charge >= 0.3 is 0 Å². The smallest absolute Gasteiger partial charge is 0.261 e. The summed E-state index contributed by atoms with van der Waals surface area (Å²) in [4.78, 5) is 22.1. The van der Waals surface area contributed by atoms with Gasteiger partial charge in [0.2, 0.25) is 0 Å². The van der Waals surface area contributed by atoms with Crippen LogP contribution in [0.2, 0.25) is 0 Å². The molecule has 0 saturated carbocycles. The Morgan fingerprint density at radius 1 is 0.968 bits per heavy atom. The average Bonchev–Trinajstić information content (AvgIpc) is 2.82. The summed E-state index contributed by atoms with van der Waals surface area (Å²) in [5, 5.41) is 3.91. The highest BCUT2D eigenvalue weighted by Crippen LogP contribution is 2.25. The summed E-state index contributed by atoms with van der Waals surface area (Å²) in [6, 6.07) is 17.4. The molecule has 0 aliphatic heterocycles. The van der Waals surface area contributed by atoms with E-state index in [1.807, 2.05) is 30.3 Å². The van der Waals surface area contributed by atoms with Crippen molar-refractivity contribution in [2.75, 3.05) is 14.2 Å². The third-order valence-electron chi connectivity index (χ3n) is 5.12. The number of benzene rings is 2. The Balaban J connectivity index is 1.57. The molecule has 0 bridgehead atoms. The molecule has 0 fully saturated rings. The molecule has 4 aromatic rings. The van der Waals surface area contributed by atoms with Crippen LogP contribution in [0.15, 0.2) is 71.9 Å². The van der Waals surface area contributed by atoms with Crippen molar-refractivity contribution in [1.29, 1.82) is 0 Å². The van der Waals surface area contributed by atoms with E-state index >= 15 is 0 Å². The van der Waals surface area contributed by atoms with Crippen molar-refractivity contribution in [3.05, 3.63) is 94.3 Å². The summed E-state index contributed by atoms with van der Waals surface area (Å²) < 4.78 is 12.3. The number of hydrogen-bond acceptors (Lipinski definition) is 6. The minimum absolute atomic E-state index is 0.116. The van der Waals surface area contributed by atoms with Crippen LogP contribution in [0, 0.1) is 0 Å². The molecular weight excluding hydrogens is 392 g/mol. The van der Waals surface area contributed by atoms with Gasteiger partial charge in [-0.1, -0.05) is 30.3 Å². The first-order valence-corrected chi connectivity index (χ1v) is 9.98. The fraction of sp³-hybridized carbons (Fsp3) is 0.208. The number of fused-ring (bicyclic) bond motifs is 1. The Morgan fingerprint density at radius 3 is 2.58 bits per heavy atom. The summed E-state index contributed by atoms with van der Waals surface area (Å²) in [6.07, 6.45) is 3.22. The predicted octanol–water partition coefficient (Wildman–Crippen LogP) is 3.15. The zero-order valence-electron chi connectivity index (χ0n) is 17.5. The van der Waals surface area contributed by atoms with Gasteiger partial charge in [-0.25, -0.2) is 4.98 Å². The van der Waals surface area contributed by atoms with Crippen LogP contribution in [0.1, 0.15) is 16.8 Å². The van der Waals surface area contributed by atoms with E-state index in [1.54, 1.807) is 43.4 Å². The molecule has 7 nitrogen and oxygen atoms in total. The van der Waals surface area contributed by atoms with E-state index in [4.69, 9.17) is 9.47 Å². The van der Waals surface area contributed by atoms with Gasteiger partial charge in [0.25, 0.3) is 5.56 Å². The van der Waals surface area contributed by atoms with Crippen molar-refractivity contribution in [2.24, 2.45) is 0 Å². The van der Waals surface area contributed by atoms with Crippen LogP contribution in [-0.2, 0) is 19.6 Å². The van der Waals surface area contributed by atoms with Gasteiger partial charge in [0.1, 0.15) is 17.0 Å². The molecule has 0 radical (unpaired) electrons. The predicted molar refractivity (Wildman–Crippen MR) is 119 cm³/mol. The third-order valence-corrected chi connectivity index (χ3v) is 5.12.